The van der Waals surface area contributed by atoms with Crippen LogP contribution in [0.25, 0.3) is 0 Å². The van der Waals surface area contributed by atoms with Gasteiger partial charge in [0.25, 0.3) is 11.8 Å². The van der Waals surface area contributed by atoms with Crippen LogP contribution in [-0.2, 0) is 4.79 Å². The third-order valence-corrected chi connectivity index (χ3v) is 5.53. The van der Waals surface area contributed by atoms with Gasteiger partial charge in [0.1, 0.15) is 5.01 Å². The van der Waals surface area contributed by atoms with Crippen molar-refractivity contribution in [1.82, 2.24) is 15.1 Å². The van der Waals surface area contributed by atoms with Crippen molar-refractivity contribution in [3.05, 3.63) is 38.8 Å². The van der Waals surface area contributed by atoms with Crippen LogP contribution in [-0.4, -0.2) is 39.4 Å². The highest BCUT2D eigenvalue weighted by atomic mass is 79.9. The summed E-state index contributed by atoms with van der Waals surface area (Å²) in [4.78, 5) is 37.9. The number of rotatable bonds is 6. The summed E-state index contributed by atoms with van der Waals surface area (Å²) in [6.45, 7) is 4.21. The van der Waals surface area contributed by atoms with Crippen molar-refractivity contribution in [1.29, 1.82) is 0 Å². The first kappa shape index (κ1) is 18.7. The van der Waals surface area contributed by atoms with Gasteiger partial charge in [0, 0.05) is 23.4 Å². The number of carbonyl (C=O) groups excluding carboxylic acids is 3. The van der Waals surface area contributed by atoms with Gasteiger partial charge in [-0.15, -0.1) is 10.2 Å². The molecule has 3 amide bonds. The fraction of sp³-hybridized carbons (Fsp3) is 0.353. The Hall–Kier alpha value is -2.13. The third-order valence-electron chi connectivity index (χ3n) is 3.90. The van der Waals surface area contributed by atoms with Gasteiger partial charge in [-0.3, -0.25) is 19.3 Å². The monoisotopic (exact) mass is 436 g/mol. The normalized spacial score (nSPS) is 13.5. The number of aromatic nitrogens is 2. The second-order valence-electron chi connectivity index (χ2n) is 6.20. The maximum atomic E-state index is 12.4. The molecule has 1 N–H and O–H groups in total. The molecule has 7 nitrogen and oxygen atoms in total. The summed E-state index contributed by atoms with van der Waals surface area (Å²) in [7, 11) is 0. The van der Waals surface area contributed by atoms with Gasteiger partial charge in [-0.2, -0.15) is 0 Å². The number of benzene rings is 1. The lowest BCUT2D eigenvalue weighted by atomic mass is 10.1. The molecule has 3 rings (SSSR count). The van der Waals surface area contributed by atoms with Crippen LogP contribution in [0, 0.1) is 0 Å². The van der Waals surface area contributed by atoms with E-state index in [1.807, 2.05) is 13.8 Å². The SMILES string of the molecule is CC(C)c1nnc(NC(=O)CCCN2C(=O)c3ccc(Br)cc3C2=O)s1. The van der Waals surface area contributed by atoms with E-state index >= 15 is 0 Å². The van der Waals surface area contributed by atoms with Gasteiger partial charge in [-0.25, -0.2) is 0 Å². The second kappa shape index (κ2) is 7.63. The lowest BCUT2D eigenvalue weighted by Gasteiger charge is -2.13. The minimum absolute atomic E-state index is 0.188. The summed E-state index contributed by atoms with van der Waals surface area (Å²) in [6.07, 6.45) is 0.571. The fourth-order valence-corrected chi connectivity index (χ4v) is 3.69. The average molecular weight is 437 g/mol. The average Bonchev–Trinajstić information content (AvgIpc) is 3.14. The predicted octanol–water partition coefficient (Wildman–Crippen LogP) is 3.44. The largest absolute Gasteiger partial charge is 0.301 e. The highest BCUT2D eigenvalue weighted by Gasteiger charge is 2.35. The van der Waals surface area contributed by atoms with Crippen LogP contribution in [0.4, 0.5) is 5.13 Å². The van der Waals surface area contributed by atoms with Gasteiger partial charge < -0.3 is 5.32 Å². The molecule has 0 bridgehead atoms. The molecule has 136 valence electrons. The summed E-state index contributed by atoms with van der Waals surface area (Å²) < 4.78 is 0.747. The van der Waals surface area contributed by atoms with Crippen molar-refractivity contribution >= 4 is 50.1 Å². The zero-order valence-electron chi connectivity index (χ0n) is 14.3. The Bertz CT molecular complexity index is 881. The van der Waals surface area contributed by atoms with Crippen LogP contribution in [0.5, 0.6) is 0 Å². The van der Waals surface area contributed by atoms with Gasteiger partial charge in [0.15, 0.2) is 0 Å². The van der Waals surface area contributed by atoms with E-state index in [1.165, 1.54) is 16.2 Å². The van der Waals surface area contributed by atoms with Gasteiger partial charge in [-0.05, 0) is 24.6 Å². The minimum Gasteiger partial charge on any atom is -0.301 e. The molecular weight excluding hydrogens is 420 g/mol. The zero-order valence-corrected chi connectivity index (χ0v) is 16.7. The molecular formula is C17H17BrN4O3S. The summed E-state index contributed by atoms with van der Waals surface area (Å²) in [5.74, 6) is -0.594. The van der Waals surface area contributed by atoms with E-state index in [0.29, 0.717) is 22.7 Å². The standard InChI is InChI=1S/C17H17BrN4O3S/c1-9(2)14-20-21-17(26-14)19-13(23)4-3-7-22-15(24)11-6-5-10(18)8-12(11)16(22)25/h5-6,8-9H,3-4,7H2,1-2H3,(H,19,21,23). The first-order valence-corrected chi connectivity index (χ1v) is 9.76. The molecule has 0 atom stereocenters. The Morgan fingerprint density at radius 3 is 2.65 bits per heavy atom. The summed E-state index contributed by atoms with van der Waals surface area (Å²) >= 11 is 4.65. The number of anilines is 1. The zero-order chi connectivity index (χ0) is 18.8. The Kier molecular flexibility index (Phi) is 5.47. The van der Waals surface area contributed by atoms with Gasteiger partial charge in [0.2, 0.25) is 11.0 Å². The van der Waals surface area contributed by atoms with E-state index in [0.717, 1.165) is 9.48 Å². The highest BCUT2D eigenvalue weighted by molar-refractivity contribution is 9.10. The number of carbonyl (C=O) groups is 3. The molecule has 0 spiro atoms. The van der Waals surface area contributed by atoms with E-state index in [9.17, 15) is 14.4 Å². The molecule has 26 heavy (non-hydrogen) atoms. The Balaban J connectivity index is 1.52. The molecule has 0 fully saturated rings. The lowest BCUT2D eigenvalue weighted by Crippen LogP contribution is -2.31. The first-order chi connectivity index (χ1) is 12.4. The molecule has 0 unspecified atom stereocenters. The topological polar surface area (TPSA) is 92.3 Å². The Morgan fingerprint density at radius 2 is 1.96 bits per heavy atom. The van der Waals surface area contributed by atoms with Crippen molar-refractivity contribution in [3.63, 3.8) is 0 Å². The van der Waals surface area contributed by atoms with E-state index in [1.54, 1.807) is 18.2 Å². The molecule has 0 saturated carbocycles. The minimum atomic E-state index is -0.322. The molecule has 2 heterocycles. The van der Waals surface area contributed by atoms with Crippen LogP contribution < -0.4 is 5.32 Å². The smallest absolute Gasteiger partial charge is 0.261 e. The lowest BCUT2D eigenvalue weighted by molar-refractivity contribution is -0.116. The van der Waals surface area contributed by atoms with Crippen LogP contribution >= 0.6 is 27.3 Å². The second-order valence-corrected chi connectivity index (χ2v) is 8.13. The van der Waals surface area contributed by atoms with Crippen molar-refractivity contribution in [2.45, 2.75) is 32.6 Å². The maximum absolute atomic E-state index is 12.4. The number of nitrogens with zero attached hydrogens (tertiary/aromatic N) is 3. The number of imide groups is 1. The van der Waals surface area contributed by atoms with Crippen LogP contribution in [0.15, 0.2) is 22.7 Å². The summed E-state index contributed by atoms with van der Waals surface area (Å²) in [5.41, 5.74) is 0.793. The van der Waals surface area contributed by atoms with Crippen LogP contribution in [0.3, 0.4) is 0 Å². The number of hydrogen-bond donors (Lipinski definition) is 1. The van der Waals surface area contributed by atoms with Gasteiger partial charge in [-0.1, -0.05) is 41.1 Å². The molecule has 1 aliphatic rings. The highest BCUT2D eigenvalue weighted by Crippen LogP contribution is 2.26. The van der Waals surface area contributed by atoms with E-state index in [-0.39, 0.29) is 36.6 Å². The third kappa shape index (κ3) is 3.83. The van der Waals surface area contributed by atoms with Gasteiger partial charge in [0.05, 0.1) is 11.1 Å². The Labute approximate surface area is 162 Å². The number of fused-ring (bicyclic) bond motifs is 1. The number of halogens is 1. The molecule has 0 radical (unpaired) electrons. The molecule has 2 aromatic rings. The summed E-state index contributed by atoms with van der Waals surface area (Å²) in [6, 6.07) is 5.01. The Morgan fingerprint density at radius 1 is 1.23 bits per heavy atom. The summed E-state index contributed by atoms with van der Waals surface area (Å²) in [5, 5.41) is 12.0. The van der Waals surface area contributed by atoms with Crippen LogP contribution in [0.1, 0.15) is 58.3 Å². The van der Waals surface area contributed by atoms with Crippen molar-refractivity contribution in [2.24, 2.45) is 0 Å². The van der Waals surface area contributed by atoms with E-state index in [4.69, 9.17) is 0 Å². The van der Waals surface area contributed by atoms with Gasteiger partial charge >= 0.3 is 0 Å². The molecule has 1 aromatic heterocycles. The number of nitrogens with one attached hydrogen (secondary N) is 1. The number of amides is 3. The molecule has 0 aliphatic carbocycles. The van der Waals surface area contributed by atoms with Crippen molar-refractivity contribution < 1.29 is 14.4 Å². The number of hydrogen-bond acceptors (Lipinski definition) is 6. The predicted molar refractivity (Wildman–Crippen MR) is 101 cm³/mol. The first-order valence-electron chi connectivity index (χ1n) is 8.16. The molecule has 0 saturated heterocycles. The van der Waals surface area contributed by atoms with Crippen molar-refractivity contribution in [2.75, 3.05) is 11.9 Å². The van der Waals surface area contributed by atoms with Crippen LogP contribution in [0.2, 0.25) is 0 Å². The maximum Gasteiger partial charge on any atom is 0.261 e. The molecule has 9 heteroatoms. The van der Waals surface area contributed by atoms with E-state index in [2.05, 4.69) is 31.4 Å². The van der Waals surface area contributed by atoms with E-state index < -0.39 is 0 Å². The van der Waals surface area contributed by atoms with Crippen molar-refractivity contribution in [3.8, 4) is 0 Å². The molecule has 1 aromatic carbocycles. The molecule has 1 aliphatic heterocycles. The quantitative estimate of drug-likeness (QED) is 0.699. The fourth-order valence-electron chi connectivity index (χ4n) is 2.56.